The molecule has 0 aliphatic rings. The van der Waals surface area contributed by atoms with E-state index in [1.165, 1.54) is 6.42 Å². The molecule has 0 atom stereocenters. The van der Waals surface area contributed by atoms with Gasteiger partial charge in [-0.15, -0.1) is 0 Å². The van der Waals surface area contributed by atoms with Crippen molar-refractivity contribution in [2.24, 2.45) is 5.92 Å². The molecule has 0 saturated carbocycles. The Hall–Kier alpha value is -0.0800. The summed E-state index contributed by atoms with van der Waals surface area (Å²) in [5.41, 5.74) is -0.161. The molecule has 0 amide bonds. The molecule has 0 aliphatic carbocycles. The van der Waals surface area contributed by atoms with Crippen LogP contribution < -0.4 is 0 Å². The molecular formula is C11H24O2. The smallest absolute Gasteiger partial charge is 0.0648 e. The minimum atomic E-state index is -0.161. The van der Waals surface area contributed by atoms with Crippen molar-refractivity contribution in [1.82, 2.24) is 0 Å². The molecule has 0 bridgehead atoms. The molecule has 0 rings (SSSR count). The minimum absolute atomic E-state index is 0.161. The van der Waals surface area contributed by atoms with E-state index >= 15 is 0 Å². The molecule has 0 aliphatic heterocycles. The van der Waals surface area contributed by atoms with E-state index in [1.807, 2.05) is 13.8 Å². The van der Waals surface area contributed by atoms with Crippen LogP contribution in [0.15, 0.2) is 0 Å². The van der Waals surface area contributed by atoms with Crippen molar-refractivity contribution in [2.75, 3.05) is 13.2 Å². The first-order valence-electron chi connectivity index (χ1n) is 5.23. The van der Waals surface area contributed by atoms with Crippen LogP contribution in [0.4, 0.5) is 0 Å². The summed E-state index contributed by atoms with van der Waals surface area (Å²) >= 11 is 0. The van der Waals surface area contributed by atoms with Crippen LogP contribution in [0.5, 0.6) is 0 Å². The molecule has 0 heterocycles. The van der Waals surface area contributed by atoms with Crippen molar-refractivity contribution in [3.8, 4) is 0 Å². The van der Waals surface area contributed by atoms with Gasteiger partial charge in [0.25, 0.3) is 0 Å². The molecule has 0 radical (unpaired) electrons. The Kier molecular flexibility index (Phi) is 6.35. The number of hydrogen-bond donors (Lipinski definition) is 1. The Morgan fingerprint density at radius 2 is 1.92 bits per heavy atom. The third-order valence-corrected chi connectivity index (χ3v) is 2.13. The van der Waals surface area contributed by atoms with E-state index in [2.05, 4.69) is 13.8 Å². The summed E-state index contributed by atoms with van der Waals surface area (Å²) < 4.78 is 5.66. The van der Waals surface area contributed by atoms with E-state index in [0.717, 1.165) is 18.9 Å². The number of aliphatic hydroxyl groups is 1. The fourth-order valence-corrected chi connectivity index (χ4v) is 1.18. The van der Waals surface area contributed by atoms with Crippen molar-refractivity contribution >= 4 is 0 Å². The average Bonchev–Trinajstić information content (AvgIpc) is 1.98. The zero-order chi connectivity index (χ0) is 10.3. The van der Waals surface area contributed by atoms with Crippen molar-refractivity contribution in [3.05, 3.63) is 0 Å². The molecule has 80 valence electrons. The Morgan fingerprint density at radius 1 is 1.31 bits per heavy atom. The van der Waals surface area contributed by atoms with Gasteiger partial charge in [-0.3, -0.25) is 0 Å². The van der Waals surface area contributed by atoms with Crippen molar-refractivity contribution in [2.45, 2.75) is 52.6 Å². The molecule has 2 nitrogen and oxygen atoms in total. The Bertz CT molecular complexity index is 119. The van der Waals surface area contributed by atoms with E-state index in [-0.39, 0.29) is 12.2 Å². The van der Waals surface area contributed by atoms with E-state index in [9.17, 15) is 0 Å². The lowest BCUT2D eigenvalue weighted by Crippen LogP contribution is -2.26. The molecule has 0 aromatic heterocycles. The summed E-state index contributed by atoms with van der Waals surface area (Å²) in [4.78, 5) is 0. The monoisotopic (exact) mass is 188 g/mol. The normalized spacial score (nSPS) is 12.5. The lowest BCUT2D eigenvalue weighted by atomic mass is 10.1. The minimum Gasteiger partial charge on any atom is -0.396 e. The molecule has 0 aromatic rings. The summed E-state index contributed by atoms with van der Waals surface area (Å²) in [5.74, 6) is 0.754. The van der Waals surface area contributed by atoms with Crippen LogP contribution >= 0.6 is 0 Å². The summed E-state index contributed by atoms with van der Waals surface area (Å²) in [6.45, 7) is 9.51. The van der Waals surface area contributed by atoms with E-state index in [1.54, 1.807) is 0 Å². The van der Waals surface area contributed by atoms with Crippen LogP contribution in [0.25, 0.3) is 0 Å². The summed E-state index contributed by atoms with van der Waals surface area (Å²) in [6, 6.07) is 0. The number of aliphatic hydroxyl groups excluding tert-OH is 1. The van der Waals surface area contributed by atoms with Gasteiger partial charge >= 0.3 is 0 Å². The molecule has 0 saturated heterocycles. The predicted octanol–water partition coefficient (Wildman–Crippen LogP) is 2.60. The molecule has 0 spiro atoms. The van der Waals surface area contributed by atoms with Gasteiger partial charge in [-0.25, -0.2) is 0 Å². The highest BCUT2D eigenvalue weighted by molar-refractivity contribution is 4.67. The molecule has 0 unspecified atom stereocenters. The SMILES string of the molecule is CC(C)CCCOC(C)(C)CCO. The maximum absolute atomic E-state index is 8.77. The molecule has 1 N–H and O–H groups in total. The van der Waals surface area contributed by atoms with Gasteiger partial charge in [0.05, 0.1) is 5.60 Å². The number of hydrogen-bond acceptors (Lipinski definition) is 2. The zero-order valence-electron chi connectivity index (χ0n) is 9.47. The van der Waals surface area contributed by atoms with E-state index in [4.69, 9.17) is 9.84 Å². The second-order valence-electron chi connectivity index (χ2n) is 4.62. The average molecular weight is 188 g/mol. The Labute approximate surface area is 82.3 Å². The second-order valence-corrected chi connectivity index (χ2v) is 4.62. The predicted molar refractivity (Wildman–Crippen MR) is 55.8 cm³/mol. The zero-order valence-corrected chi connectivity index (χ0v) is 9.47. The standard InChI is InChI=1S/C11H24O2/c1-10(2)6-5-9-13-11(3,4)7-8-12/h10,12H,5-9H2,1-4H3. The lowest BCUT2D eigenvalue weighted by molar-refractivity contribution is -0.0346. The fraction of sp³-hybridized carbons (Fsp3) is 1.00. The van der Waals surface area contributed by atoms with Crippen LogP contribution in [0.2, 0.25) is 0 Å². The van der Waals surface area contributed by atoms with Crippen LogP contribution in [0.3, 0.4) is 0 Å². The fourth-order valence-electron chi connectivity index (χ4n) is 1.18. The molecule has 2 heteroatoms. The summed E-state index contributed by atoms with van der Waals surface area (Å²) in [6.07, 6.45) is 3.05. The first-order valence-corrected chi connectivity index (χ1v) is 5.23. The largest absolute Gasteiger partial charge is 0.396 e. The maximum atomic E-state index is 8.77. The highest BCUT2D eigenvalue weighted by Gasteiger charge is 2.16. The highest BCUT2D eigenvalue weighted by atomic mass is 16.5. The highest BCUT2D eigenvalue weighted by Crippen LogP contribution is 2.15. The first kappa shape index (κ1) is 12.9. The maximum Gasteiger partial charge on any atom is 0.0648 e. The van der Waals surface area contributed by atoms with Crippen LogP contribution in [0, 0.1) is 5.92 Å². The van der Waals surface area contributed by atoms with Gasteiger partial charge in [-0.2, -0.15) is 0 Å². The molecule has 0 fully saturated rings. The Balaban J connectivity index is 3.40. The van der Waals surface area contributed by atoms with Crippen LogP contribution in [-0.4, -0.2) is 23.9 Å². The van der Waals surface area contributed by atoms with Crippen LogP contribution in [0.1, 0.15) is 47.0 Å². The van der Waals surface area contributed by atoms with E-state index < -0.39 is 0 Å². The summed E-state index contributed by atoms with van der Waals surface area (Å²) in [5, 5.41) is 8.77. The van der Waals surface area contributed by atoms with Gasteiger partial charge in [0, 0.05) is 13.2 Å². The topological polar surface area (TPSA) is 29.5 Å². The van der Waals surface area contributed by atoms with Gasteiger partial charge in [0.2, 0.25) is 0 Å². The molecular weight excluding hydrogens is 164 g/mol. The summed E-state index contributed by atoms with van der Waals surface area (Å²) in [7, 11) is 0. The third-order valence-electron chi connectivity index (χ3n) is 2.13. The Morgan fingerprint density at radius 3 is 2.38 bits per heavy atom. The van der Waals surface area contributed by atoms with Gasteiger partial charge in [0.1, 0.15) is 0 Å². The third kappa shape index (κ3) is 8.26. The first-order chi connectivity index (χ1) is 5.98. The van der Waals surface area contributed by atoms with Crippen molar-refractivity contribution < 1.29 is 9.84 Å². The molecule has 13 heavy (non-hydrogen) atoms. The van der Waals surface area contributed by atoms with Gasteiger partial charge in [-0.05, 0) is 39.0 Å². The van der Waals surface area contributed by atoms with Crippen molar-refractivity contribution in [3.63, 3.8) is 0 Å². The second kappa shape index (κ2) is 6.39. The van der Waals surface area contributed by atoms with Gasteiger partial charge in [0.15, 0.2) is 0 Å². The quantitative estimate of drug-likeness (QED) is 0.622. The van der Waals surface area contributed by atoms with Gasteiger partial charge in [-0.1, -0.05) is 13.8 Å². The van der Waals surface area contributed by atoms with Gasteiger partial charge < -0.3 is 9.84 Å². The molecule has 0 aromatic carbocycles. The van der Waals surface area contributed by atoms with Crippen LogP contribution in [-0.2, 0) is 4.74 Å². The van der Waals surface area contributed by atoms with Crippen molar-refractivity contribution in [1.29, 1.82) is 0 Å². The lowest BCUT2D eigenvalue weighted by Gasteiger charge is -2.24. The number of rotatable bonds is 7. The van der Waals surface area contributed by atoms with E-state index in [0.29, 0.717) is 6.42 Å². The number of ether oxygens (including phenoxy) is 1.